The second-order valence-corrected chi connectivity index (χ2v) is 5.31. The van der Waals surface area contributed by atoms with Gasteiger partial charge >= 0.3 is 5.97 Å². The Morgan fingerprint density at radius 1 is 1.35 bits per heavy atom. The molecule has 0 saturated heterocycles. The van der Waals surface area contributed by atoms with E-state index in [1.54, 1.807) is 0 Å². The van der Waals surface area contributed by atoms with Crippen LogP contribution in [0.3, 0.4) is 0 Å². The molecule has 20 heavy (non-hydrogen) atoms. The molecule has 1 aromatic heterocycles. The van der Waals surface area contributed by atoms with E-state index in [2.05, 4.69) is 24.8 Å². The van der Waals surface area contributed by atoms with Crippen LogP contribution in [0, 0.1) is 0 Å². The van der Waals surface area contributed by atoms with Crippen molar-refractivity contribution in [2.24, 2.45) is 0 Å². The molecule has 2 rings (SSSR count). The quantitative estimate of drug-likeness (QED) is 0.840. The van der Waals surface area contributed by atoms with Crippen molar-refractivity contribution in [3.8, 4) is 0 Å². The number of carboxylic acid groups (broad SMARTS) is 1. The van der Waals surface area contributed by atoms with Crippen LogP contribution < -0.4 is 0 Å². The van der Waals surface area contributed by atoms with Crippen LogP contribution in [-0.4, -0.2) is 28.6 Å². The molecule has 1 N–H and O–H groups in total. The first-order valence-corrected chi connectivity index (χ1v) is 6.99. The zero-order valence-corrected chi connectivity index (χ0v) is 12.0. The van der Waals surface area contributed by atoms with Crippen molar-refractivity contribution in [1.29, 1.82) is 0 Å². The van der Waals surface area contributed by atoms with Crippen LogP contribution in [0.4, 0.5) is 0 Å². The third-order valence-electron chi connectivity index (χ3n) is 3.40. The lowest BCUT2D eigenvalue weighted by Crippen LogP contribution is -2.31. The molecular formula is C16H21NO3. The number of benzene rings is 1. The number of nitrogens with zero attached hydrogens (tertiary/aromatic N) is 1. The molecule has 0 aliphatic carbocycles. The summed E-state index contributed by atoms with van der Waals surface area (Å²) < 4.78 is 5.82. The van der Waals surface area contributed by atoms with E-state index in [-0.39, 0.29) is 6.42 Å². The summed E-state index contributed by atoms with van der Waals surface area (Å²) >= 11 is 0. The molecule has 0 unspecified atom stereocenters. The fraction of sp³-hybridized carbons (Fsp3) is 0.438. The third kappa shape index (κ3) is 3.84. The lowest BCUT2D eigenvalue weighted by Gasteiger charge is -2.25. The molecule has 4 nitrogen and oxygen atoms in total. The van der Waals surface area contributed by atoms with Gasteiger partial charge in [-0.1, -0.05) is 18.2 Å². The molecule has 4 heteroatoms. The molecule has 1 heterocycles. The Hall–Kier alpha value is -1.81. The van der Waals surface area contributed by atoms with Crippen LogP contribution >= 0.6 is 0 Å². The Kier molecular flexibility index (Phi) is 4.79. The van der Waals surface area contributed by atoms with E-state index in [1.165, 1.54) is 0 Å². The summed E-state index contributed by atoms with van der Waals surface area (Å²) in [6.07, 6.45) is 0.872. The Bertz CT molecular complexity index is 541. The van der Waals surface area contributed by atoms with E-state index in [4.69, 9.17) is 9.52 Å². The topological polar surface area (TPSA) is 53.7 Å². The van der Waals surface area contributed by atoms with E-state index in [0.29, 0.717) is 19.0 Å². The zero-order valence-electron chi connectivity index (χ0n) is 12.0. The average Bonchev–Trinajstić information content (AvgIpc) is 2.79. The van der Waals surface area contributed by atoms with Crippen molar-refractivity contribution in [3.05, 3.63) is 36.1 Å². The Labute approximate surface area is 119 Å². The SMILES string of the molecule is CC(C)N(CCCC(=O)O)Cc1cc2ccccc2o1. The van der Waals surface area contributed by atoms with Gasteiger partial charge in [-0.2, -0.15) is 0 Å². The molecule has 0 radical (unpaired) electrons. The van der Waals surface area contributed by atoms with Gasteiger partial charge in [-0.3, -0.25) is 9.69 Å². The molecule has 0 spiro atoms. The second-order valence-electron chi connectivity index (χ2n) is 5.31. The second kappa shape index (κ2) is 6.57. The van der Waals surface area contributed by atoms with Gasteiger partial charge in [-0.05, 0) is 38.9 Å². The minimum atomic E-state index is -0.738. The first kappa shape index (κ1) is 14.6. The van der Waals surface area contributed by atoms with Gasteiger partial charge in [-0.25, -0.2) is 0 Å². The van der Waals surface area contributed by atoms with Crippen molar-refractivity contribution in [3.63, 3.8) is 0 Å². The van der Waals surface area contributed by atoms with Gasteiger partial charge < -0.3 is 9.52 Å². The molecule has 1 aromatic carbocycles. The molecule has 0 bridgehead atoms. The summed E-state index contributed by atoms with van der Waals surface area (Å²) in [6, 6.07) is 10.4. The van der Waals surface area contributed by atoms with Gasteiger partial charge in [0, 0.05) is 17.8 Å². The number of hydrogen-bond acceptors (Lipinski definition) is 3. The van der Waals surface area contributed by atoms with Gasteiger partial charge in [0.25, 0.3) is 0 Å². The maximum atomic E-state index is 10.6. The summed E-state index contributed by atoms with van der Waals surface area (Å²) in [7, 11) is 0. The predicted octanol–water partition coefficient (Wildman–Crippen LogP) is 3.51. The van der Waals surface area contributed by atoms with Crippen molar-refractivity contribution < 1.29 is 14.3 Å². The lowest BCUT2D eigenvalue weighted by atomic mass is 10.2. The molecule has 0 atom stereocenters. The van der Waals surface area contributed by atoms with E-state index in [0.717, 1.165) is 23.3 Å². The molecule has 0 saturated carbocycles. The van der Waals surface area contributed by atoms with Gasteiger partial charge in [0.1, 0.15) is 11.3 Å². The first-order chi connectivity index (χ1) is 9.56. The summed E-state index contributed by atoms with van der Waals surface area (Å²) in [4.78, 5) is 12.8. The van der Waals surface area contributed by atoms with Crippen molar-refractivity contribution in [1.82, 2.24) is 4.90 Å². The van der Waals surface area contributed by atoms with E-state index in [1.807, 2.05) is 24.3 Å². The number of furan rings is 1. The Balaban J connectivity index is 2.01. The van der Waals surface area contributed by atoms with Crippen LogP contribution in [-0.2, 0) is 11.3 Å². The maximum absolute atomic E-state index is 10.6. The monoisotopic (exact) mass is 275 g/mol. The maximum Gasteiger partial charge on any atom is 0.303 e. The van der Waals surface area contributed by atoms with Crippen LogP contribution in [0.1, 0.15) is 32.4 Å². The van der Waals surface area contributed by atoms with Crippen LogP contribution in [0.5, 0.6) is 0 Å². The molecule has 2 aromatic rings. The minimum Gasteiger partial charge on any atom is -0.481 e. The first-order valence-electron chi connectivity index (χ1n) is 6.99. The number of hydrogen-bond donors (Lipinski definition) is 1. The van der Waals surface area contributed by atoms with Crippen LogP contribution in [0.15, 0.2) is 34.7 Å². The number of aliphatic carboxylic acids is 1. The number of para-hydroxylation sites is 1. The largest absolute Gasteiger partial charge is 0.481 e. The fourth-order valence-corrected chi connectivity index (χ4v) is 2.27. The van der Waals surface area contributed by atoms with E-state index < -0.39 is 5.97 Å². The molecule has 0 amide bonds. The molecule has 108 valence electrons. The van der Waals surface area contributed by atoms with E-state index >= 15 is 0 Å². The van der Waals surface area contributed by atoms with Crippen LogP contribution in [0.25, 0.3) is 11.0 Å². The normalized spacial score (nSPS) is 11.6. The molecule has 0 aliphatic heterocycles. The van der Waals surface area contributed by atoms with Crippen molar-refractivity contribution in [2.75, 3.05) is 6.54 Å². The summed E-state index contributed by atoms with van der Waals surface area (Å²) in [5, 5.41) is 9.82. The summed E-state index contributed by atoms with van der Waals surface area (Å²) in [6.45, 7) is 5.71. The smallest absolute Gasteiger partial charge is 0.303 e. The Morgan fingerprint density at radius 2 is 2.10 bits per heavy atom. The average molecular weight is 275 g/mol. The van der Waals surface area contributed by atoms with Crippen molar-refractivity contribution in [2.45, 2.75) is 39.3 Å². The van der Waals surface area contributed by atoms with E-state index in [9.17, 15) is 4.79 Å². The highest BCUT2D eigenvalue weighted by molar-refractivity contribution is 5.77. The highest BCUT2D eigenvalue weighted by atomic mass is 16.4. The predicted molar refractivity (Wildman–Crippen MR) is 78.6 cm³/mol. The van der Waals surface area contributed by atoms with Gasteiger partial charge in [0.2, 0.25) is 0 Å². The van der Waals surface area contributed by atoms with Crippen LogP contribution in [0.2, 0.25) is 0 Å². The van der Waals surface area contributed by atoms with Crippen molar-refractivity contribution >= 4 is 16.9 Å². The summed E-state index contributed by atoms with van der Waals surface area (Å²) in [5.74, 6) is 0.188. The fourth-order valence-electron chi connectivity index (χ4n) is 2.27. The number of rotatable bonds is 7. The lowest BCUT2D eigenvalue weighted by molar-refractivity contribution is -0.137. The highest BCUT2D eigenvalue weighted by Crippen LogP contribution is 2.20. The Morgan fingerprint density at radius 3 is 2.75 bits per heavy atom. The summed E-state index contributed by atoms with van der Waals surface area (Å²) in [5.41, 5.74) is 0.900. The zero-order chi connectivity index (χ0) is 14.5. The molecular weight excluding hydrogens is 254 g/mol. The standard InChI is InChI=1S/C16H21NO3/c1-12(2)17(9-5-8-16(18)19)11-14-10-13-6-3-4-7-15(13)20-14/h3-4,6-7,10,12H,5,8-9,11H2,1-2H3,(H,18,19). The highest BCUT2D eigenvalue weighted by Gasteiger charge is 2.13. The number of fused-ring (bicyclic) bond motifs is 1. The molecule has 0 aliphatic rings. The van der Waals surface area contributed by atoms with Gasteiger partial charge in [0.15, 0.2) is 0 Å². The van der Waals surface area contributed by atoms with Gasteiger partial charge in [-0.15, -0.1) is 0 Å². The molecule has 0 fully saturated rings. The third-order valence-corrected chi connectivity index (χ3v) is 3.40. The van der Waals surface area contributed by atoms with Gasteiger partial charge in [0.05, 0.1) is 6.54 Å². The number of carbonyl (C=O) groups is 1. The number of carboxylic acids is 1. The minimum absolute atomic E-state index is 0.212.